The number of thiophene rings is 2. The fourth-order valence-electron chi connectivity index (χ4n) is 12.3. The number of hydrogen-bond acceptors (Lipinski definition) is 18. The van der Waals surface area contributed by atoms with Gasteiger partial charge in [0.15, 0.2) is 34.6 Å². The Morgan fingerprint density at radius 2 is 0.690 bits per heavy atom. The highest BCUT2D eigenvalue weighted by Crippen LogP contribution is 2.59. The molecule has 5 aromatic carbocycles. The minimum atomic E-state index is -2.83. The second-order valence-corrected chi connectivity index (χ2v) is 23.7. The summed E-state index contributed by atoms with van der Waals surface area (Å²) in [4.78, 5) is 128. The molecule has 0 bridgehead atoms. The molecule has 18 heteroatoms. The summed E-state index contributed by atoms with van der Waals surface area (Å²) < 4.78 is 38.0. The number of esters is 4. The lowest BCUT2D eigenvalue weighted by Crippen LogP contribution is -2.54. The standard InChI is InChI=1S/C66H52N2O14S2/c69-55-41-25-13-14-26-42(41)56(70)53(55)67-51-31-49-59(83-51)45-30-48-46(29-47(45)65(81-49,61(73)77-33-37-17-5-1-6-18-37)62(74)78-34-38-19-7-2-8-20-38)60-50(32-52(84-60)68-54-57(71)43-27-15-16-28-44(43)58(54)72)82-66(48,63(75)79-35-39-21-9-3-10-22-39)64(76)80-36-40-23-11-4-12-24-40/h1-12,17-24,29-32,41-44H,13-16,25-28,33-36H2. The number of fused-ring (bicyclic) bond motifs is 8. The third-order valence-electron chi connectivity index (χ3n) is 16.6. The van der Waals surface area contributed by atoms with Crippen LogP contribution in [0, 0.1) is 23.7 Å². The van der Waals surface area contributed by atoms with E-state index in [9.17, 15) is 19.2 Å². The number of carbonyl (C=O) groups is 8. The summed E-state index contributed by atoms with van der Waals surface area (Å²) in [6.07, 6.45) is 5.41. The molecule has 4 atom stereocenters. The Morgan fingerprint density at radius 1 is 0.417 bits per heavy atom. The van der Waals surface area contributed by atoms with Crippen molar-refractivity contribution in [3.05, 3.63) is 179 Å². The van der Waals surface area contributed by atoms with Crippen molar-refractivity contribution in [1.29, 1.82) is 0 Å². The Morgan fingerprint density at radius 3 is 0.964 bits per heavy atom. The number of nitrogens with zero attached hydrogens (tertiary/aromatic N) is 2. The van der Waals surface area contributed by atoms with Gasteiger partial charge in [0.05, 0.1) is 9.75 Å². The molecule has 2 aromatic heterocycles. The quantitative estimate of drug-likeness (QED) is 0.0562. The maximum Gasteiger partial charge on any atom is 0.367 e. The first kappa shape index (κ1) is 54.3. The molecule has 0 amide bonds. The SMILES string of the molecule is O=C1C(=Nc2cc3c(s2)-c2cc4c(cc2C(C(=O)OCc2ccccc2)(C(=O)OCc2ccccc2)O3)-c2sc(N=C3C(=O)C5CCCCC5C3=O)cc2OC4(C(=O)OCc2ccccc2)C(=O)OCc2ccccc2)C(=O)C2CCCCC12. The molecule has 0 N–H and O–H groups in total. The lowest BCUT2D eigenvalue weighted by molar-refractivity contribution is -0.185. The normalized spacial score (nSPS) is 20.3. The molecule has 6 aliphatic rings. The van der Waals surface area contributed by atoms with Gasteiger partial charge in [-0.1, -0.05) is 147 Å². The van der Waals surface area contributed by atoms with Gasteiger partial charge in [0, 0.05) is 58.1 Å². The van der Waals surface area contributed by atoms with Crippen LogP contribution >= 0.6 is 22.7 Å². The Kier molecular flexibility index (Phi) is 14.4. The highest BCUT2D eigenvalue weighted by atomic mass is 32.1. The molecule has 0 radical (unpaired) electrons. The van der Waals surface area contributed by atoms with Crippen molar-refractivity contribution in [2.75, 3.05) is 0 Å². The lowest BCUT2D eigenvalue weighted by atomic mass is 9.78. The molecule has 7 aromatic rings. The zero-order valence-corrected chi connectivity index (χ0v) is 46.7. The van der Waals surface area contributed by atoms with Gasteiger partial charge in [-0.2, -0.15) is 0 Å². The fraction of sp³-hybridized carbons (Fsp3) is 0.273. The van der Waals surface area contributed by atoms with Gasteiger partial charge in [-0.25, -0.2) is 29.2 Å². The minimum Gasteiger partial charge on any atom is -0.458 e. The molecule has 4 aliphatic carbocycles. The van der Waals surface area contributed by atoms with Crippen molar-refractivity contribution in [2.45, 2.75) is 89.0 Å². The molecule has 0 saturated heterocycles. The number of rotatable bonds is 14. The molecule has 16 nitrogen and oxygen atoms in total. The summed E-state index contributed by atoms with van der Waals surface area (Å²) in [6.45, 7) is -1.30. The monoisotopic (exact) mass is 1160 g/mol. The molecule has 4 saturated carbocycles. The van der Waals surface area contributed by atoms with Crippen LogP contribution in [0.15, 0.2) is 156 Å². The van der Waals surface area contributed by atoms with Gasteiger partial charge in [-0.15, -0.1) is 22.7 Å². The zero-order chi connectivity index (χ0) is 57.7. The van der Waals surface area contributed by atoms with E-state index in [1.807, 2.05) is 0 Å². The van der Waals surface area contributed by atoms with E-state index in [1.165, 1.54) is 24.3 Å². The summed E-state index contributed by atoms with van der Waals surface area (Å²) in [5.41, 5.74) is -4.04. The van der Waals surface area contributed by atoms with Gasteiger partial charge >= 0.3 is 35.1 Å². The number of carbonyl (C=O) groups excluding carboxylic acids is 8. The van der Waals surface area contributed by atoms with Crippen LogP contribution in [0.4, 0.5) is 10.0 Å². The Hall–Kier alpha value is -9.00. The van der Waals surface area contributed by atoms with E-state index < -0.39 is 58.8 Å². The first-order valence-electron chi connectivity index (χ1n) is 28.0. The number of benzene rings is 5. The van der Waals surface area contributed by atoms with Gasteiger partial charge in [-0.3, -0.25) is 19.2 Å². The predicted molar refractivity (Wildman–Crippen MR) is 308 cm³/mol. The van der Waals surface area contributed by atoms with E-state index in [-0.39, 0.29) is 114 Å². The van der Waals surface area contributed by atoms with E-state index in [4.69, 9.17) is 38.4 Å². The summed E-state index contributed by atoms with van der Waals surface area (Å²) in [7, 11) is 0. The van der Waals surface area contributed by atoms with Crippen LogP contribution < -0.4 is 9.47 Å². The van der Waals surface area contributed by atoms with Crippen LogP contribution in [-0.4, -0.2) is 58.4 Å². The maximum absolute atomic E-state index is 15.6. The first-order chi connectivity index (χ1) is 40.9. The number of hydrogen-bond donors (Lipinski definition) is 0. The smallest absolute Gasteiger partial charge is 0.367 e. The molecule has 4 heterocycles. The Bertz CT molecular complexity index is 3490. The lowest BCUT2D eigenvalue weighted by Gasteiger charge is -2.39. The average molecular weight is 1160 g/mol. The van der Waals surface area contributed by atoms with Crippen LogP contribution in [0.1, 0.15) is 84.7 Å². The van der Waals surface area contributed by atoms with Crippen LogP contribution in [-0.2, 0) is 94.9 Å². The number of Topliss-reactive ketones (excluding diaryl/α,β-unsaturated/α-hetero) is 4. The van der Waals surface area contributed by atoms with Crippen LogP contribution in [0.3, 0.4) is 0 Å². The number of aliphatic imine (C=N–C) groups is 2. The minimum absolute atomic E-state index is 0.0439. The van der Waals surface area contributed by atoms with E-state index in [2.05, 4.69) is 0 Å². The van der Waals surface area contributed by atoms with E-state index in [0.29, 0.717) is 47.9 Å². The molecular formula is C66H52N2O14S2. The Labute approximate surface area is 489 Å². The van der Waals surface area contributed by atoms with Gasteiger partial charge in [-0.05, 0) is 60.1 Å². The molecule has 4 unspecified atom stereocenters. The van der Waals surface area contributed by atoms with Gasteiger partial charge in [0.2, 0.25) is 0 Å². The van der Waals surface area contributed by atoms with Crippen molar-refractivity contribution in [2.24, 2.45) is 33.7 Å². The topological polar surface area (TPSA) is 217 Å². The molecule has 4 fully saturated rings. The second kappa shape index (κ2) is 22.3. The van der Waals surface area contributed by atoms with Gasteiger partial charge < -0.3 is 28.4 Å². The second-order valence-electron chi connectivity index (χ2n) is 21.7. The molecule has 422 valence electrons. The Balaban J connectivity index is 1.04. The number of ketones is 4. The van der Waals surface area contributed by atoms with Crippen LogP contribution in [0.5, 0.6) is 11.5 Å². The van der Waals surface area contributed by atoms with Gasteiger partial charge in [0.1, 0.15) is 47.9 Å². The molecule has 0 spiro atoms. The van der Waals surface area contributed by atoms with Crippen molar-refractivity contribution in [3.63, 3.8) is 0 Å². The summed E-state index contributed by atoms with van der Waals surface area (Å²) >= 11 is 1.94. The summed E-state index contributed by atoms with van der Waals surface area (Å²) in [5.74, 6) is -8.50. The molecular weight excluding hydrogens is 1110 g/mol. The highest BCUT2D eigenvalue weighted by Gasteiger charge is 2.62. The van der Waals surface area contributed by atoms with Crippen LogP contribution in [0.25, 0.3) is 20.9 Å². The number of ether oxygens (including phenoxy) is 6. The third kappa shape index (κ3) is 9.56. The molecule has 2 aliphatic heterocycles. The largest absolute Gasteiger partial charge is 0.458 e. The zero-order valence-electron chi connectivity index (χ0n) is 45.1. The highest BCUT2D eigenvalue weighted by molar-refractivity contribution is 7.20. The summed E-state index contributed by atoms with van der Waals surface area (Å²) in [6, 6.07) is 40.8. The summed E-state index contributed by atoms with van der Waals surface area (Å²) in [5, 5.41) is 0.217. The third-order valence-corrected chi connectivity index (χ3v) is 18.6. The van der Waals surface area contributed by atoms with E-state index in [1.54, 1.807) is 121 Å². The van der Waals surface area contributed by atoms with Crippen molar-refractivity contribution >= 4 is 91.1 Å². The molecule has 84 heavy (non-hydrogen) atoms. The van der Waals surface area contributed by atoms with Crippen molar-refractivity contribution < 1.29 is 66.8 Å². The van der Waals surface area contributed by atoms with E-state index in [0.717, 1.165) is 48.4 Å². The maximum atomic E-state index is 15.6. The first-order valence-corrected chi connectivity index (χ1v) is 29.6. The van der Waals surface area contributed by atoms with Crippen molar-refractivity contribution in [1.82, 2.24) is 0 Å². The average Bonchev–Trinajstić information content (AvgIpc) is 1.27. The van der Waals surface area contributed by atoms with E-state index >= 15 is 19.2 Å². The van der Waals surface area contributed by atoms with Gasteiger partial charge in [0.25, 0.3) is 0 Å². The van der Waals surface area contributed by atoms with Crippen LogP contribution in [0.2, 0.25) is 0 Å². The fourth-order valence-corrected chi connectivity index (χ4v) is 14.3. The predicted octanol–water partition coefficient (Wildman–Crippen LogP) is 11.4. The van der Waals surface area contributed by atoms with Crippen molar-refractivity contribution in [3.8, 4) is 32.4 Å². The molecule has 13 rings (SSSR count).